The van der Waals surface area contributed by atoms with Gasteiger partial charge >= 0.3 is 0 Å². The van der Waals surface area contributed by atoms with Crippen LogP contribution in [0.3, 0.4) is 0 Å². The maximum atomic E-state index is 8.76. The van der Waals surface area contributed by atoms with Crippen LogP contribution in [0.4, 0.5) is 17.1 Å². The molecule has 0 unspecified atom stereocenters. The van der Waals surface area contributed by atoms with Gasteiger partial charge in [0.25, 0.3) is 6.71 Å². The second-order valence-electron chi connectivity index (χ2n) is 14.8. The van der Waals surface area contributed by atoms with Crippen LogP contribution in [0.5, 0.6) is 0 Å². The van der Waals surface area contributed by atoms with Crippen molar-refractivity contribution in [1.82, 2.24) is 4.57 Å². The average Bonchev–Trinajstić information content (AvgIpc) is 3.51. The van der Waals surface area contributed by atoms with Crippen LogP contribution in [-0.4, -0.2) is 11.3 Å². The number of aromatic nitrogens is 1. The molecule has 7 aromatic carbocycles. The fraction of sp³-hybridized carbons (Fsp3) is 0.106. The van der Waals surface area contributed by atoms with Gasteiger partial charge in [-0.15, -0.1) is 0 Å². The number of hydrogen-bond donors (Lipinski definition) is 0. The van der Waals surface area contributed by atoms with Crippen molar-refractivity contribution in [1.29, 1.82) is 0 Å². The average molecular weight is 644 g/mol. The lowest BCUT2D eigenvalue weighted by Gasteiger charge is -2.41. The Hall–Kier alpha value is -5.80. The largest absolute Gasteiger partial charge is 0.311 e. The second kappa shape index (κ2) is 10.6. The van der Waals surface area contributed by atoms with Crippen molar-refractivity contribution >= 4 is 62.0 Å². The molecule has 1 aromatic heterocycles. The minimum atomic E-state index is -2.32. The molecule has 0 atom stereocenters. The first kappa shape index (κ1) is 26.1. The van der Waals surface area contributed by atoms with Crippen LogP contribution < -0.4 is 21.3 Å². The lowest BCUT2D eigenvalue weighted by molar-refractivity contribution is 0.590. The highest BCUT2D eigenvalue weighted by atomic mass is 15.2. The topological polar surface area (TPSA) is 8.17 Å². The summed E-state index contributed by atoms with van der Waals surface area (Å²) in [6.45, 7) is 4.31. The predicted molar refractivity (Wildman–Crippen MR) is 214 cm³/mol. The number of fused-ring (bicyclic) bond motifs is 7. The van der Waals surface area contributed by atoms with E-state index >= 15 is 0 Å². The van der Waals surface area contributed by atoms with Gasteiger partial charge in [0.1, 0.15) is 0 Å². The van der Waals surface area contributed by atoms with E-state index in [2.05, 4.69) is 170 Å². The molecular formula is C47H37BN2. The van der Waals surface area contributed by atoms with E-state index < -0.39 is 6.85 Å². The summed E-state index contributed by atoms with van der Waals surface area (Å²) in [5.41, 5.74) is 15.7. The summed E-state index contributed by atoms with van der Waals surface area (Å²) < 4.78 is 28.6. The van der Waals surface area contributed by atoms with Gasteiger partial charge in [-0.3, -0.25) is 0 Å². The molecule has 0 radical (unpaired) electrons. The van der Waals surface area contributed by atoms with Crippen LogP contribution >= 0.6 is 0 Å². The summed E-state index contributed by atoms with van der Waals surface area (Å²) in [5.74, 6) is 0. The highest BCUT2D eigenvalue weighted by molar-refractivity contribution is 7.00. The standard InChI is InChI=1S/C47H37BN2/c1-30-26-43-45-44(27-30)50-40-21-12-11-18-35(40)36-19-13-20-38(46(36)50)48(45)39-28-33(31-14-7-5-8-15-31)22-24-42(39)49(43)41-25-23-34(47(2,3)4)29-37(41)32-16-9-6-10-17-32/h5-29H,1-4H3/i1D3. The normalized spacial score (nSPS) is 14.3. The summed E-state index contributed by atoms with van der Waals surface area (Å²) in [7, 11) is 0. The van der Waals surface area contributed by atoms with Crippen molar-refractivity contribution in [2.75, 3.05) is 4.90 Å². The zero-order chi connectivity index (χ0) is 36.2. The minimum Gasteiger partial charge on any atom is -0.311 e. The first-order valence-corrected chi connectivity index (χ1v) is 17.5. The molecule has 10 rings (SSSR count). The van der Waals surface area contributed by atoms with Crippen molar-refractivity contribution in [3.8, 4) is 27.9 Å². The molecule has 0 amide bonds. The van der Waals surface area contributed by atoms with E-state index in [-0.39, 0.29) is 12.1 Å². The van der Waals surface area contributed by atoms with Gasteiger partial charge in [-0.2, -0.15) is 0 Å². The molecule has 0 fully saturated rings. The molecule has 0 saturated carbocycles. The SMILES string of the molecule is [2H]C([2H])([2H])c1cc2c3c(c1)-n1c4ccccc4c4cccc(c41)B3c1cc(-c3ccccc3)ccc1N2c1ccc(C(C)(C)C)cc1-c1ccccc1. The third kappa shape index (κ3) is 4.16. The van der Waals surface area contributed by atoms with E-state index in [1.807, 2.05) is 12.1 Å². The van der Waals surface area contributed by atoms with Crippen LogP contribution in [0.2, 0.25) is 0 Å². The van der Waals surface area contributed by atoms with Gasteiger partial charge in [0.2, 0.25) is 0 Å². The van der Waals surface area contributed by atoms with Gasteiger partial charge in [-0.25, -0.2) is 0 Å². The van der Waals surface area contributed by atoms with E-state index in [0.29, 0.717) is 5.56 Å². The van der Waals surface area contributed by atoms with Crippen molar-refractivity contribution in [3.63, 3.8) is 0 Å². The van der Waals surface area contributed by atoms with E-state index in [1.165, 1.54) is 21.9 Å². The Bertz CT molecular complexity index is 2760. The summed E-state index contributed by atoms with van der Waals surface area (Å²) in [4.78, 5) is 2.35. The number of benzene rings is 7. The van der Waals surface area contributed by atoms with Gasteiger partial charge in [0, 0.05) is 43.0 Å². The molecule has 238 valence electrons. The van der Waals surface area contributed by atoms with E-state index in [0.717, 1.165) is 66.9 Å². The van der Waals surface area contributed by atoms with Gasteiger partial charge < -0.3 is 9.47 Å². The molecule has 2 aliphatic heterocycles. The Morgan fingerprint density at radius 2 is 1.24 bits per heavy atom. The van der Waals surface area contributed by atoms with Crippen molar-refractivity contribution in [2.24, 2.45) is 0 Å². The van der Waals surface area contributed by atoms with Crippen LogP contribution in [0.1, 0.15) is 36.0 Å². The Morgan fingerprint density at radius 3 is 2.02 bits per heavy atom. The second-order valence-corrected chi connectivity index (χ2v) is 14.8. The van der Waals surface area contributed by atoms with Crippen LogP contribution in [0, 0.1) is 6.85 Å². The molecular weight excluding hydrogens is 603 g/mol. The van der Waals surface area contributed by atoms with Gasteiger partial charge in [-0.05, 0) is 92.9 Å². The van der Waals surface area contributed by atoms with Crippen molar-refractivity contribution in [3.05, 3.63) is 163 Å². The molecule has 0 spiro atoms. The number of para-hydroxylation sites is 2. The highest BCUT2D eigenvalue weighted by Crippen LogP contribution is 2.46. The molecule has 3 heterocycles. The summed E-state index contributed by atoms with van der Waals surface area (Å²) in [6, 6.07) is 53.8. The number of rotatable bonds is 3. The number of aryl methyl sites for hydroxylation is 1. The molecule has 2 nitrogen and oxygen atoms in total. The fourth-order valence-corrected chi connectivity index (χ4v) is 8.53. The smallest absolute Gasteiger partial charge is 0.252 e. The van der Waals surface area contributed by atoms with Gasteiger partial charge in [0.15, 0.2) is 0 Å². The number of nitrogens with zero attached hydrogens (tertiary/aromatic N) is 2. The monoisotopic (exact) mass is 643 g/mol. The Labute approximate surface area is 298 Å². The minimum absolute atomic E-state index is 0.0670. The number of anilines is 3. The zero-order valence-electron chi connectivity index (χ0n) is 31.4. The predicted octanol–water partition coefficient (Wildman–Crippen LogP) is 10.3. The third-order valence-electron chi connectivity index (χ3n) is 10.8. The van der Waals surface area contributed by atoms with Crippen LogP contribution in [0.25, 0.3) is 49.7 Å². The Morgan fingerprint density at radius 1 is 0.540 bits per heavy atom. The molecule has 3 heteroatoms. The van der Waals surface area contributed by atoms with E-state index in [9.17, 15) is 0 Å². The lowest BCUT2D eigenvalue weighted by atomic mass is 9.33. The maximum Gasteiger partial charge on any atom is 0.252 e. The molecule has 8 aromatic rings. The molecule has 0 aliphatic carbocycles. The molecule has 50 heavy (non-hydrogen) atoms. The van der Waals surface area contributed by atoms with Crippen molar-refractivity contribution < 1.29 is 4.11 Å². The lowest BCUT2D eigenvalue weighted by Crippen LogP contribution is -2.60. The zero-order valence-corrected chi connectivity index (χ0v) is 28.4. The van der Waals surface area contributed by atoms with Gasteiger partial charge in [0.05, 0.1) is 11.2 Å². The molecule has 0 saturated heterocycles. The Balaban J connectivity index is 1.37. The quantitative estimate of drug-likeness (QED) is 0.174. The fourth-order valence-electron chi connectivity index (χ4n) is 8.53. The molecule has 2 aliphatic rings. The summed E-state index contributed by atoms with van der Waals surface area (Å²) >= 11 is 0. The van der Waals surface area contributed by atoms with Gasteiger partial charge in [-0.1, -0.05) is 136 Å². The summed E-state index contributed by atoms with van der Waals surface area (Å²) in [5, 5.41) is 2.34. The van der Waals surface area contributed by atoms with Crippen LogP contribution in [0.15, 0.2) is 152 Å². The van der Waals surface area contributed by atoms with E-state index in [4.69, 9.17) is 4.11 Å². The third-order valence-corrected chi connectivity index (χ3v) is 10.8. The van der Waals surface area contributed by atoms with E-state index in [1.54, 1.807) is 0 Å². The first-order chi connectivity index (χ1) is 25.6. The number of hydrogen-bond acceptors (Lipinski definition) is 1. The molecule has 0 bridgehead atoms. The highest BCUT2D eigenvalue weighted by Gasteiger charge is 2.42. The Kier molecular flexibility index (Phi) is 5.54. The van der Waals surface area contributed by atoms with Crippen molar-refractivity contribution in [2.45, 2.75) is 33.0 Å². The maximum absolute atomic E-state index is 8.76. The first-order valence-electron chi connectivity index (χ1n) is 19.0. The molecule has 0 N–H and O–H groups in total. The summed E-state index contributed by atoms with van der Waals surface area (Å²) in [6.07, 6.45) is 0. The van der Waals surface area contributed by atoms with Crippen LogP contribution in [-0.2, 0) is 5.41 Å².